The van der Waals surface area contributed by atoms with E-state index < -0.39 is 36.0 Å². The van der Waals surface area contributed by atoms with Crippen LogP contribution < -0.4 is 11.1 Å². The molecule has 0 fully saturated rings. The number of nitrogens with one attached hydrogen (secondary N) is 1. The van der Waals surface area contributed by atoms with Gasteiger partial charge in [-0.05, 0) is 23.1 Å². The largest absolute Gasteiger partial charge is 0.481 e. The molecule has 1 aliphatic rings. The van der Waals surface area contributed by atoms with Gasteiger partial charge in [-0.3, -0.25) is 19.3 Å². The van der Waals surface area contributed by atoms with Crippen molar-refractivity contribution in [3.8, 4) is 0 Å². The Hall–Kier alpha value is -3.88. The molecule has 4 N–H and O–H groups in total. The summed E-state index contributed by atoms with van der Waals surface area (Å²) in [6, 6.07) is 14.5. The Bertz CT molecular complexity index is 994. The van der Waals surface area contributed by atoms with Crippen LogP contribution in [0.4, 0.5) is 4.79 Å². The highest BCUT2D eigenvalue weighted by molar-refractivity contribution is 5.91. The van der Waals surface area contributed by atoms with Crippen molar-refractivity contribution >= 4 is 23.9 Å². The van der Waals surface area contributed by atoms with E-state index >= 15 is 0 Å². The lowest BCUT2D eigenvalue weighted by Crippen LogP contribution is -2.56. The molecule has 9 nitrogen and oxygen atoms in total. The minimum Gasteiger partial charge on any atom is -0.481 e. The molecule has 0 aromatic heterocycles. The number of aliphatic carboxylic acids is 1. The van der Waals surface area contributed by atoms with Crippen LogP contribution in [-0.4, -0.2) is 46.0 Å². The van der Waals surface area contributed by atoms with E-state index in [1.165, 1.54) is 4.90 Å². The van der Waals surface area contributed by atoms with Crippen LogP contribution in [0.3, 0.4) is 0 Å². The summed E-state index contributed by atoms with van der Waals surface area (Å²) in [4.78, 5) is 49.8. The van der Waals surface area contributed by atoms with E-state index in [1.807, 2.05) is 54.6 Å². The van der Waals surface area contributed by atoms with Gasteiger partial charge in [-0.2, -0.15) is 0 Å². The molecule has 1 heterocycles. The molecule has 0 saturated heterocycles. The number of nitrogens with two attached hydrogens (primary N) is 1. The van der Waals surface area contributed by atoms with Crippen molar-refractivity contribution < 1.29 is 29.0 Å². The number of primary amides is 1. The number of ether oxygens (including phenoxy) is 1. The molecular weight excluding hydrogens is 414 g/mol. The number of carbonyl (C=O) groups excluding carboxylic acids is 3. The first-order chi connectivity index (χ1) is 15.3. The Morgan fingerprint density at radius 2 is 1.72 bits per heavy atom. The van der Waals surface area contributed by atoms with Crippen LogP contribution in [0.2, 0.25) is 0 Å². The van der Waals surface area contributed by atoms with Crippen LogP contribution in [-0.2, 0) is 38.7 Å². The summed E-state index contributed by atoms with van der Waals surface area (Å²) in [7, 11) is 0. The molecule has 0 aliphatic carbocycles. The average molecular weight is 439 g/mol. The van der Waals surface area contributed by atoms with Crippen LogP contribution in [0.25, 0.3) is 0 Å². The van der Waals surface area contributed by atoms with E-state index in [1.54, 1.807) is 0 Å². The van der Waals surface area contributed by atoms with Gasteiger partial charge in [0, 0.05) is 12.8 Å². The molecular formula is C23H25N3O6. The topological polar surface area (TPSA) is 139 Å². The van der Waals surface area contributed by atoms with Crippen molar-refractivity contribution in [3.05, 3.63) is 71.3 Å². The quantitative estimate of drug-likeness (QED) is 0.571. The van der Waals surface area contributed by atoms with Crippen molar-refractivity contribution in [2.24, 2.45) is 5.73 Å². The fourth-order valence-electron chi connectivity index (χ4n) is 3.57. The number of carboxylic acid groups (broad SMARTS) is 1. The van der Waals surface area contributed by atoms with Crippen molar-refractivity contribution in [1.82, 2.24) is 10.2 Å². The molecule has 168 valence electrons. The van der Waals surface area contributed by atoms with Crippen molar-refractivity contribution in [2.45, 2.75) is 44.5 Å². The van der Waals surface area contributed by atoms with Crippen molar-refractivity contribution in [2.75, 3.05) is 0 Å². The third kappa shape index (κ3) is 5.84. The molecule has 2 atom stereocenters. The first-order valence-electron chi connectivity index (χ1n) is 10.2. The summed E-state index contributed by atoms with van der Waals surface area (Å²) in [6.45, 7) is 0.215. The maximum atomic E-state index is 13.0. The van der Waals surface area contributed by atoms with Gasteiger partial charge in [-0.1, -0.05) is 54.6 Å². The lowest BCUT2D eigenvalue weighted by molar-refractivity contribution is -0.138. The zero-order valence-corrected chi connectivity index (χ0v) is 17.4. The maximum absolute atomic E-state index is 13.0. The zero-order chi connectivity index (χ0) is 23.1. The molecule has 0 saturated carbocycles. The normalized spacial score (nSPS) is 15.9. The van der Waals surface area contributed by atoms with Crippen LogP contribution in [0.1, 0.15) is 29.5 Å². The Morgan fingerprint density at radius 1 is 1.06 bits per heavy atom. The molecule has 9 heteroatoms. The Morgan fingerprint density at radius 3 is 2.38 bits per heavy atom. The van der Waals surface area contributed by atoms with Gasteiger partial charge < -0.3 is 20.9 Å². The van der Waals surface area contributed by atoms with Crippen LogP contribution in [0.5, 0.6) is 0 Å². The van der Waals surface area contributed by atoms with Gasteiger partial charge >= 0.3 is 12.1 Å². The molecule has 2 aromatic carbocycles. The summed E-state index contributed by atoms with van der Waals surface area (Å²) in [6.07, 6.45) is -0.903. The average Bonchev–Trinajstić information content (AvgIpc) is 2.79. The second kappa shape index (κ2) is 10.4. The molecule has 2 aromatic rings. The maximum Gasteiger partial charge on any atom is 0.411 e. The summed E-state index contributed by atoms with van der Waals surface area (Å²) < 4.78 is 5.43. The van der Waals surface area contributed by atoms with Crippen LogP contribution >= 0.6 is 0 Å². The fourth-order valence-corrected chi connectivity index (χ4v) is 3.57. The number of hydrogen-bond acceptors (Lipinski definition) is 5. The number of hydrogen-bond donors (Lipinski definition) is 3. The number of nitrogens with zero attached hydrogens (tertiary/aromatic N) is 1. The van der Waals surface area contributed by atoms with Gasteiger partial charge in [-0.25, -0.2) is 4.79 Å². The third-order valence-corrected chi connectivity index (χ3v) is 5.30. The van der Waals surface area contributed by atoms with E-state index in [0.717, 1.165) is 16.7 Å². The van der Waals surface area contributed by atoms with E-state index in [0.29, 0.717) is 0 Å². The van der Waals surface area contributed by atoms with E-state index in [-0.39, 0.29) is 32.4 Å². The first kappa shape index (κ1) is 22.8. The van der Waals surface area contributed by atoms with Gasteiger partial charge in [-0.15, -0.1) is 0 Å². The van der Waals surface area contributed by atoms with Gasteiger partial charge in [0.05, 0.1) is 6.54 Å². The van der Waals surface area contributed by atoms with Gasteiger partial charge in [0.15, 0.2) is 0 Å². The number of rotatable bonds is 8. The predicted octanol–water partition coefficient (Wildman–Crippen LogP) is 1.59. The summed E-state index contributed by atoms with van der Waals surface area (Å²) in [5, 5.41) is 11.4. The minimum atomic E-state index is -1.15. The molecule has 0 bridgehead atoms. The molecule has 1 aliphatic heterocycles. The summed E-state index contributed by atoms with van der Waals surface area (Å²) >= 11 is 0. The second-order valence-corrected chi connectivity index (χ2v) is 7.55. The number of carboxylic acids is 1. The van der Waals surface area contributed by atoms with Gasteiger partial charge in [0.1, 0.15) is 18.7 Å². The van der Waals surface area contributed by atoms with Gasteiger partial charge in [0.25, 0.3) is 0 Å². The number of fused-ring (bicyclic) bond motifs is 1. The number of benzene rings is 2. The number of amides is 3. The standard InChI is InChI=1S/C23H25N3O6/c24-21(29)18(10-11-20(27)28)25-22(30)19-12-16-8-4-5-9-17(16)13-26(19)23(31)32-14-15-6-2-1-3-7-15/h1-9,18-19H,10-14H2,(H2,24,29)(H,25,30)(H,27,28)/t18-,19+/m1/s1. The Kier molecular flexibility index (Phi) is 7.43. The number of carbonyl (C=O) groups is 4. The van der Waals surface area contributed by atoms with E-state index in [2.05, 4.69) is 5.32 Å². The molecule has 3 rings (SSSR count). The highest BCUT2D eigenvalue weighted by Crippen LogP contribution is 2.24. The third-order valence-electron chi connectivity index (χ3n) is 5.30. The predicted molar refractivity (Wildman–Crippen MR) is 114 cm³/mol. The van der Waals surface area contributed by atoms with Crippen LogP contribution in [0.15, 0.2) is 54.6 Å². The van der Waals surface area contributed by atoms with Crippen molar-refractivity contribution in [3.63, 3.8) is 0 Å². The molecule has 0 radical (unpaired) electrons. The second-order valence-electron chi connectivity index (χ2n) is 7.55. The minimum absolute atomic E-state index is 0.0503. The highest BCUT2D eigenvalue weighted by Gasteiger charge is 2.37. The summed E-state index contributed by atoms with van der Waals surface area (Å²) in [5.74, 6) is -2.54. The Balaban J connectivity index is 1.76. The molecule has 0 spiro atoms. The molecule has 3 amide bonds. The lowest BCUT2D eigenvalue weighted by atomic mass is 9.93. The molecule has 32 heavy (non-hydrogen) atoms. The molecule has 0 unspecified atom stereocenters. The van der Waals surface area contributed by atoms with Crippen LogP contribution in [0, 0.1) is 0 Å². The smallest absolute Gasteiger partial charge is 0.411 e. The fraction of sp³-hybridized carbons (Fsp3) is 0.304. The monoisotopic (exact) mass is 439 g/mol. The summed E-state index contributed by atoms with van der Waals surface area (Å²) in [5.41, 5.74) is 7.94. The van der Waals surface area contributed by atoms with E-state index in [4.69, 9.17) is 15.6 Å². The highest BCUT2D eigenvalue weighted by atomic mass is 16.6. The first-order valence-corrected chi connectivity index (χ1v) is 10.2. The SMILES string of the molecule is NC(=O)[C@@H](CCC(=O)O)NC(=O)[C@@H]1Cc2ccccc2CN1C(=O)OCc1ccccc1. The zero-order valence-electron chi connectivity index (χ0n) is 17.4. The lowest BCUT2D eigenvalue weighted by Gasteiger charge is -2.35. The van der Waals surface area contributed by atoms with Crippen molar-refractivity contribution in [1.29, 1.82) is 0 Å². The van der Waals surface area contributed by atoms with Gasteiger partial charge in [0.2, 0.25) is 11.8 Å². The van der Waals surface area contributed by atoms with E-state index in [9.17, 15) is 19.2 Å². The Labute approximate surface area is 185 Å².